The number of para-hydroxylation sites is 2. The van der Waals surface area contributed by atoms with Crippen molar-refractivity contribution in [2.75, 3.05) is 11.9 Å². The fourth-order valence-electron chi connectivity index (χ4n) is 2.02. The molecule has 0 fully saturated rings. The zero-order valence-electron chi connectivity index (χ0n) is 14.2. The SMILES string of the molecule is C[C@@H](OC(=O)COc1ccccc1[N+](=O)[O-])C(=O)Nc1ccc(C#N)cc1. The van der Waals surface area contributed by atoms with Gasteiger partial charge in [0.2, 0.25) is 0 Å². The molecule has 1 N–H and O–H groups in total. The van der Waals surface area contributed by atoms with Gasteiger partial charge in [-0.25, -0.2) is 4.79 Å². The molecular formula is C18H15N3O6. The molecule has 2 aromatic carbocycles. The molecule has 1 amide bonds. The Bertz CT molecular complexity index is 889. The molecule has 1 atom stereocenters. The van der Waals surface area contributed by atoms with Gasteiger partial charge in [-0.2, -0.15) is 5.26 Å². The quantitative estimate of drug-likeness (QED) is 0.450. The molecule has 0 aliphatic heterocycles. The minimum atomic E-state index is -1.11. The third-order valence-corrected chi connectivity index (χ3v) is 3.37. The summed E-state index contributed by atoms with van der Waals surface area (Å²) >= 11 is 0. The molecule has 0 bridgehead atoms. The van der Waals surface area contributed by atoms with Crippen molar-refractivity contribution >= 4 is 23.3 Å². The molecule has 0 spiro atoms. The number of carbonyl (C=O) groups is 2. The normalized spacial score (nSPS) is 11.0. The van der Waals surface area contributed by atoms with Gasteiger partial charge in [0.15, 0.2) is 18.5 Å². The Kier molecular flexibility index (Phi) is 6.44. The van der Waals surface area contributed by atoms with Gasteiger partial charge < -0.3 is 14.8 Å². The summed E-state index contributed by atoms with van der Waals surface area (Å²) < 4.78 is 10.1. The average Bonchev–Trinajstić information content (AvgIpc) is 2.67. The van der Waals surface area contributed by atoms with E-state index in [1.807, 2.05) is 6.07 Å². The van der Waals surface area contributed by atoms with E-state index in [9.17, 15) is 19.7 Å². The van der Waals surface area contributed by atoms with Crippen LogP contribution in [-0.2, 0) is 14.3 Å². The molecule has 0 saturated heterocycles. The van der Waals surface area contributed by atoms with Crippen molar-refractivity contribution in [3.8, 4) is 11.8 Å². The summed E-state index contributed by atoms with van der Waals surface area (Å²) in [6.07, 6.45) is -1.11. The second-order valence-corrected chi connectivity index (χ2v) is 5.32. The van der Waals surface area contributed by atoms with Crippen LogP contribution in [0.4, 0.5) is 11.4 Å². The minimum absolute atomic E-state index is 0.0749. The van der Waals surface area contributed by atoms with Crippen molar-refractivity contribution in [3.63, 3.8) is 0 Å². The molecule has 0 heterocycles. The molecule has 0 saturated carbocycles. The van der Waals surface area contributed by atoms with Gasteiger partial charge in [0, 0.05) is 11.8 Å². The number of anilines is 1. The number of amides is 1. The molecule has 0 unspecified atom stereocenters. The van der Waals surface area contributed by atoms with Crippen LogP contribution in [0.3, 0.4) is 0 Å². The molecular weight excluding hydrogens is 354 g/mol. The Hall–Kier alpha value is -3.93. The van der Waals surface area contributed by atoms with Gasteiger partial charge >= 0.3 is 11.7 Å². The lowest BCUT2D eigenvalue weighted by atomic mass is 10.2. The van der Waals surface area contributed by atoms with Gasteiger partial charge in [0.25, 0.3) is 5.91 Å². The maximum absolute atomic E-state index is 12.0. The summed E-state index contributed by atoms with van der Waals surface area (Å²) in [5.74, 6) is -1.50. The van der Waals surface area contributed by atoms with Crippen molar-refractivity contribution in [1.29, 1.82) is 5.26 Å². The van der Waals surface area contributed by atoms with Gasteiger partial charge in [-0.05, 0) is 37.3 Å². The van der Waals surface area contributed by atoms with Crippen LogP contribution in [-0.4, -0.2) is 29.5 Å². The number of hydrogen-bond acceptors (Lipinski definition) is 7. The molecule has 0 radical (unpaired) electrons. The lowest BCUT2D eigenvalue weighted by Gasteiger charge is -2.14. The largest absolute Gasteiger partial charge is 0.475 e. The fourth-order valence-corrected chi connectivity index (χ4v) is 2.02. The van der Waals surface area contributed by atoms with Crippen LogP contribution in [0.2, 0.25) is 0 Å². The van der Waals surface area contributed by atoms with E-state index in [1.54, 1.807) is 12.1 Å². The van der Waals surface area contributed by atoms with Crippen molar-refractivity contribution in [2.45, 2.75) is 13.0 Å². The first-order chi connectivity index (χ1) is 12.9. The zero-order chi connectivity index (χ0) is 19.8. The highest BCUT2D eigenvalue weighted by atomic mass is 16.6. The smallest absolute Gasteiger partial charge is 0.344 e. The summed E-state index contributed by atoms with van der Waals surface area (Å²) in [5.41, 5.74) is 0.606. The monoisotopic (exact) mass is 369 g/mol. The number of nitro benzene ring substituents is 1. The summed E-state index contributed by atoms with van der Waals surface area (Å²) in [6.45, 7) is 0.793. The highest BCUT2D eigenvalue weighted by Crippen LogP contribution is 2.25. The number of hydrogen-bond donors (Lipinski definition) is 1. The Balaban J connectivity index is 1.86. The van der Waals surface area contributed by atoms with Gasteiger partial charge in [0.1, 0.15) is 0 Å². The van der Waals surface area contributed by atoms with Gasteiger partial charge in [-0.3, -0.25) is 14.9 Å². The van der Waals surface area contributed by atoms with Crippen LogP contribution in [0.1, 0.15) is 12.5 Å². The summed E-state index contributed by atoms with van der Waals surface area (Å²) in [6, 6.07) is 13.7. The molecule has 0 aliphatic rings. The second kappa shape index (κ2) is 8.96. The minimum Gasteiger partial charge on any atom is -0.475 e. The fraction of sp³-hybridized carbons (Fsp3) is 0.167. The molecule has 2 aromatic rings. The van der Waals surface area contributed by atoms with Crippen LogP contribution in [0.5, 0.6) is 5.75 Å². The van der Waals surface area contributed by atoms with E-state index in [4.69, 9.17) is 14.7 Å². The van der Waals surface area contributed by atoms with Crippen LogP contribution in [0.15, 0.2) is 48.5 Å². The van der Waals surface area contributed by atoms with Crippen LogP contribution >= 0.6 is 0 Å². The first-order valence-corrected chi connectivity index (χ1v) is 7.77. The molecule has 138 valence electrons. The number of nitriles is 1. The van der Waals surface area contributed by atoms with E-state index in [1.165, 1.54) is 43.3 Å². The van der Waals surface area contributed by atoms with Gasteiger partial charge in [0.05, 0.1) is 16.6 Å². The Morgan fingerprint density at radius 2 is 1.89 bits per heavy atom. The number of carbonyl (C=O) groups excluding carboxylic acids is 2. The molecule has 2 rings (SSSR count). The number of esters is 1. The van der Waals surface area contributed by atoms with E-state index in [-0.39, 0.29) is 11.4 Å². The lowest BCUT2D eigenvalue weighted by molar-refractivity contribution is -0.385. The van der Waals surface area contributed by atoms with Crippen molar-refractivity contribution < 1.29 is 24.0 Å². The van der Waals surface area contributed by atoms with Crippen LogP contribution in [0, 0.1) is 21.4 Å². The Morgan fingerprint density at radius 1 is 1.22 bits per heavy atom. The molecule has 27 heavy (non-hydrogen) atoms. The first-order valence-electron chi connectivity index (χ1n) is 7.77. The van der Waals surface area contributed by atoms with Crippen molar-refractivity contribution in [2.24, 2.45) is 0 Å². The highest BCUT2D eigenvalue weighted by molar-refractivity contribution is 5.95. The third-order valence-electron chi connectivity index (χ3n) is 3.37. The zero-order valence-corrected chi connectivity index (χ0v) is 14.2. The van der Waals surface area contributed by atoms with Crippen LogP contribution < -0.4 is 10.1 Å². The van der Waals surface area contributed by atoms with E-state index in [0.717, 1.165) is 0 Å². The number of ether oxygens (including phenoxy) is 2. The molecule has 0 aromatic heterocycles. The number of rotatable bonds is 7. The molecule has 9 nitrogen and oxygen atoms in total. The summed E-state index contributed by atoms with van der Waals surface area (Å²) in [7, 11) is 0. The Morgan fingerprint density at radius 3 is 2.52 bits per heavy atom. The highest BCUT2D eigenvalue weighted by Gasteiger charge is 2.20. The number of nitrogens with one attached hydrogen (secondary N) is 1. The first kappa shape index (κ1) is 19.4. The third kappa shape index (κ3) is 5.54. The van der Waals surface area contributed by atoms with Gasteiger partial charge in [-0.15, -0.1) is 0 Å². The van der Waals surface area contributed by atoms with E-state index in [0.29, 0.717) is 11.3 Å². The van der Waals surface area contributed by atoms with E-state index >= 15 is 0 Å². The van der Waals surface area contributed by atoms with Crippen molar-refractivity contribution in [3.05, 3.63) is 64.2 Å². The average molecular weight is 369 g/mol. The van der Waals surface area contributed by atoms with Gasteiger partial charge in [-0.1, -0.05) is 12.1 Å². The second-order valence-electron chi connectivity index (χ2n) is 5.32. The standard InChI is InChI=1S/C18H15N3O6/c1-12(18(23)20-14-8-6-13(10-19)7-9-14)27-17(22)11-26-16-5-3-2-4-15(16)21(24)25/h2-9,12H,11H2,1H3,(H,20,23)/t12-/m1/s1. The lowest BCUT2D eigenvalue weighted by Crippen LogP contribution is -2.31. The van der Waals surface area contributed by atoms with Crippen LogP contribution in [0.25, 0.3) is 0 Å². The number of nitrogens with zero attached hydrogens (tertiary/aromatic N) is 2. The Labute approximate surface area is 154 Å². The number of nitro groups is 1. The topological polar surface area (TPSA) is 132 Å². The van der Waals surface area contributed by atoms with E-state index < -0.39 is 29.5 Å². The van der Waals surface area contributed by atoms with Crippen molar-refractivity contribution in [1.82, 2.24) is 0 Å². The maximum Gasteiger partial charge on any atom is 0.344 e. The summed E-state index contributed by atoms with van der Waals surface area (Å²) in [4.78, 5) is 34.1. The predicted molar refractivity (Wildman–Crippen MR) is 93.9 cm³/mol. The number of benzene rings is 2. The molecule has 9 heteroatoms. The predicted octanol–water partition coefficient (Wildman–Crippen LogP) is 2.42. The molecule has 0 aliphatic carbocycles. The summed E-state index contributed by atoms with van der Waals surface area (Å²) in [5, 5.41) is 22.2. The maximum atomic E-state index is 12.0. The van der Waals surface area contributed by atoms with E-state index in [2.05, 4.69) is 5.32 Å².